The number of amides is 2. The molecule has 0 aromatic heterocycles. The average Bonchev–Trinajstić information content (AvgIpc) is 3.17. The van der Waals surface area contributed by atoms with E-state index in [1.54, 1.807) is 5.32 Å². The van der Waals surface area contributed by atoms with Gasteiger partial charge in [0.1, 0.15) is 5.60 Å². The number of ether oxygens (including phenoxy) is 1. The van der Waals surface area contributed by atoms with Gasteiger partial charge in [0.05, 0.1) is 18.7 Å². The predicted octanol–water partition coefficient (Wildman–Crippen LogP) is 5.62. The molecule has 0 radical (unpaired) electrons. The van der Waals surface area contributed by atoms with E-state index in [0.29, 0.717) is 44.6 Å². The maximum Gasteiger partial charge on any atom is 0.455 e. The van der Waals surface area contributed by atoms with Gasteiger partial charge in [0.15, 0.2) is 0 Å². The summed E-state index contributed by atoms with van der Waals surface area (Å²) < 4.78 is 107. The van der Waals surface area contributed by atoms with Crippen molar-refractivity contribution in [2.24, 2.45) is 0 Å². The van der Waals surface area contributed by atoms with Crippen molar-refractivity contribution in [3.63, 3.8) is 0 Å². The molecule has 218 valence electrons. The topological polar surface area (TPSA) is 61.9 Å². The van der Waals surface area contributed by atoms with Crippen molar-refractivity contribution in [1.29, 1.82) is 0 Å². The van der Waals surface area contributed by atoms with Crippen LogP contribution in [0.4, 0.5) is 39.9 Å². The second-order valence-electron chi connectivity index (χ2n) is 9.96. The summed E-state index contributed by atoms with van der Waals surface area (Å²) in [4.78, 5) is 28.1. The van der Waals surface area contributed by atoms with Gasteiger partial charge in [-0.2, -0.15) is 35.1 Å². The van der Waals surface area contributed by atoms with Crippen LogP contribution >= 0.6 is 0 Å². The fraction of sp³-hybridized carbons (Fsp3) is 0.462. The predicted molar refractivity (Wildman–Crippen MR) is 125 cm³/mol. The quantitative estimate of drug-likeness (QED) is 0.433. The Balaban J connectivity index is 1.27. The fourth-order valence-electron chi connectivity index (χ4n) is 4.63. The number of benzene rings is 2. The Morgan fingerprint density at radius 2 is 1.40 bits per heavy atom. The lowest BCUT2D eigenvalue weighted by Gasteiger charge is -2.37. The molecule has 2 aromatic rings. The normalized spacial score (nSPS) is 18.2. The maximum absolute atomic E-state index is 13.0. The van der Waals surface area contributed by atoms with E-state index in [9.17, 15) is 44.7 Å². The Kier molecular flexibility index (Phi) is 8.03. The number of piperidine rings is 1. The monoisotopic (exact) mass is 579 g/mol. The third-order valence-corrected chi connectivity index (χ3v) is 6.97. The van der Waals surface area contributed by atoms with Crippen LogP contribution < -0.4 is 5.32 Å². The van der Waals surface area contributed by atoms with Crippen molar-refractivity contribution in [2.45, 2.75) is 49.8 Å². The van der Waals surface area contributed by atoms with E-state index in [-0.39, 0.29) is 12.1 Å². The van der Waals surface area contributed by atoms with Crippen molar-refractivity contribution in [3.05, 3.63) is 70.8 Å². The molecule has 2 heterocycles. The van der Waals surface area contributed by atoms with Gasteiger partial charge in [0.2, 0.25) is 0 Å². The number of likely N-dealkylation sites (tertiary alicyclic amines) is 1. The van der Waals surface area contributed by atoms with Crippen molar-refractivity contribution in [2.75, 3.05) is 26.2 Å². The number of nitrogens with one attached hydrogen (secondary N) is 1. The minimum Gasteiger partial charge on any atom is -0.441 e. The van der Waals surface area contributed by atoms with Crippen molar-refractivity contribution in [3.8, 4) is 0 Å². The van der Waals surface area contributed by atoms with Gasteiger partial charge in [-0.05, 0) is 35.4 Å². The second kappa shape index (κ2) is 10.9. The molecular weight excluding hydrogens is 554 g/mol. The Labute approximate surface area is 223 Å². The molecule has 0 aliphatic carbocycles. The van der Waals surface area contributed by atoms with Gasteiger partial charge in [0, 0.05) is 44.6 Å². The molecule has 40 heavy (non-hydrogen) atoms. The molecule has 1 N–H and O–H groups in total. The molecule has 0 unspecified atom stereocenters. The van der Waals surface area contributed by atoms with Gasteiger partial charge in [0.25, 0.3) is 5.91 Å². The zero-order valence-electron chi connectivity index (χ0n) is 20.9. The first-order chi connectivity index (χ1) is 18.6. The molecule has 2 aliphatic heterocycles. The first kappa shape index (κ1) is 29.6. The molecule has 14 heteroatoms. The summed E-state index contributed by atoms with van der Waals surface area (Å²) in [5, 5.41) is 1.57. The third-order valence-electron chi connectivity index (χ3n) is 6.97. The molecule has 6 nitrogen and oxygen atoms in total. The molecule has 4 rings (SSSR count). The van der Waals surface area contributed by atoms with Gasteiger partial charge in [-0.1, -0.05) is 24.3 Å². The van der Waals surface area contributed by atoms with Crippen LogP contribution in [-0.4, -0.2) is 65.7 Å². The summed E-state index contributed by atoms with van der Waals surface area (Å²) in [7, 11) is 0. The Morgan fingerprint density at radius 1 is 0.850 bits per heavy atom. The SMILES string of the molecule is O=C(NCC(F)(F)C(F)(F)F)c1ccc(CN2CC3(CCN(Cc4ccc(C(F)(F)F)cc4)CC3)OC2=O)cc1. The van der Waals surface area contributed by atoms with E-state index in [0.717, 1.165) is 17.7 Å². The first-order valence-electron chi connectivity index (χ1n) is 12.3. The van der Waals surface area contributed by atoms with Crippen LogP contribution in [0.1, 0.15) is 39.9 Å². The number of carbonyl (C=O) groups excluding carboxylic acids is 2. The molecule has 0 bridgehead atoms. The standard InChI is InChI=1S/C26H25F8N3O3/c27-24(28,26(32,33)34)15-35-21(38)19-5-1-18(2-6-19)14-37-16-23(40-22(37)39)9-11-36(12-10-23)13-17-3-7-20(8-4-17)25(29,30)31/h1-8H,9-16H2,(H,35,38). The zero-order valence-corrected chi connectivity index (χ0v) is 20.9. The first-order valence-corrected chi connectivity index (χ1v) is 12.3. The molecule has 2 aromatic carbocycles. The molecule has 2 amide bonds. The molecule has 2 saturated heterocycles. The minimum atomic E-state index is -5.78. The van der Waals surface area contributed by atoms with E-state index in [1.165, 1.54) is 41.3 Å². The van der Waals surface area contributed by atoms with Gasteiger partial charge >= 0.3 is 24.4 Å². The lowest BCUT2D eigenvalue weighted by atomic mass is 9.91. The van der Waals surface area contributed by atoms with Crippen molar-refractivity contribution in [1.82, 2.24) is 15.1 Å². The number of halogens is 8. The zero-order chi connectivity index (χ0) is 29.3. The van der Waals surface area contributed by atoms with Crippen LogP contribution in [0.3, 0.4) is 0 Å². The number of carbonyl (C=O) groups is 2. The van der Waals surface area contributed by atoms with Gasteiger partial charge in [-0.25, -0.2) is 4.79 Å². The van der Waals surface area contributed by atoms with E-state index in [1.807, 2.05) is 0 Å². The van der Waals surface area contributed by atoms with Crippen LogP contribution in [0.5, 0.6) is 0 Å². The summed E-state index contributed by atoms with van der Waals surface area (Å²) in [6.07, 6.45) is -9.67. The second-order valence-corrected chi connectivity index (χ2v) is 9.96. The lowest BCUT2D eigenvalue weighted by Crippen LogP contribution is -2.46. The Morgan fingerprint density at radius 3 is 1.95 bits per heavy atom. The summed E-state index contributed by atoms with van der Waals surface area (Å²) in [5.41, 5.74) is -0.221. The number of alkyl halides is 8. The smallest absolute Gasteiger partial charge is 0.441 e. The third kappa shape index (κ3) is 6.83. The number of hydrogen-bond donors (Lipinski definition) is 1. The highest BCUT2D eigenvalue weighted by Gasteiger charge is 2.57. The molecule has 0 saturated carbocycles. The average molecular weight is 579 g/mol. The van der Waals surface area contributed by atoms with Gasteiger partial charge in [-0.3, -0.25) is 14.6 Å². The summed E-state index contributed by atoms with van der Waals surface area (Å²) in [5.74, 6) is -6.16. The Bertz CT molecular complexity index is 1210. The minimum absolute atomic E-state index is 0.123. The van der Waals surface area contributed by atoms with Crippen LogP contribution in [0.15, 0.2) is 48.5 Å². The van der Waals surface area contributed by atoms with E-state index in [2.05, 4.69) is 4.90 Å². The largest absolute Gasteiger partial charge is 0.455 e. The fourth-order valence-corrected chi connectivity index (χ4v) is 4.63. The van der Waals surface area contributed by atoms with E-state index >= 15 is 0 Å². The van der Waals surface area contributed by atoms with Crippen LogP contribution in [-0.2, 0) is 24.0 Å². The van der Waals surface area contributed by atoms with Crippen molar-refractivity contribution < 1.29 is 49.4 Å². The highest BCUT2D eigenvalue weighted by atomic mass is 19.4. The highest BCUT2D eigenvalue weighted by Crippen LogP contribution is 2.36. The maximum atomic E-state index is 13.0. The number of hydrogen-bond acceptors (Lipinski definition) is 4. The molecule has 1 spiro atoms. The summed E-state index contributed by atoms with van der Waals surface area (Å²) >= 11 is 0. The van der Waals surface area contributed by atoms with E-state index < -0.39 is 48.0 Å². The number of rotatable bonds is 7. The van der Waals surface area contributed by atoms with Crippen LogP contribution in [0, 0.1) is 0 Å². The summed E-state index contributed by atoms with van der Waals surface area (Å²) in [6.45, 7) is 0.136. The lowest BCUT2D eigenvalue weighted by molar-refractivity contribution is -0.278. The summed E-state index contributed by atoms with van der Waals surface area (Å²) in [6, 6.07) is 10.4. The molecular formula is C26H25F8N3O3. The highest BCUT2D eigenvalue weighted by molar-refractivity contribution is 5.94. The van der Waals surface area contributed by atoms with E-state index in [4.69, 9.17) is 4.74 Å². The Hall–Kier alpha value is -3.42. The van der Waals surface area contributed by atoms with Crippen LogP contribution in [0.25, 0.3) is 0 Å². The number of nitrogens with zero attached hydrogens (tertiary/aromatic N) is 2. The molecule has 0 atom stereocenters. The van der Waals surface area contributed by atoms with Crippen molar-refractivity contribution >= 4 is 12.0 Å². The molecule has 2 fully saturated rings. The van der Waals surface area contributed by atoms with Crippen LogP contribution in [0.2, 0.25) is 0 Å². The van der Waals surface area contributed by atoms with Gasteiger partial charge < -0.3 is 10.1 Å². The molecule has 2 aliphatic rings. The van der Waals surface area contributed by atoms with Gasteiger partial charge in [-0.15, -0.1) is 0 Å².